The van der Waals surface area contributed by atoms with Crippen molar-refractivity contribution in [1.82, 2.24) is 9.97 Å². The van der Waals surface area contributed by atoms with Crippen molar-refractivity contribution in [2.45, 2.75) is 20.8 Å². The number of halogens is 1. The lowest BCUT2D eigenvalue weighted by Crippen LogP contribution is -2.06. The van der Waals surface area contributed by atoms with Gasteiger partial charge in [0.05, 0.1) is 0 Å². The molecular weight excluding hydrogens is 243 g/mol. The van der Waals surface area contributed by atoms with E-state index in [2.05, 4.69) is 20.6 Å². The summed E-state index contributed by atoms with van der Waals surface area (Å²) >= 11 is 0. The highest BCUT2D eigenvalue weighted by atomic mass is 19.1. The van der Waals surface area contributed by atoms with E-state index in [0.717, 1.165) is 12.1 Å². The third-order valence-electron chi connectivity index (χ3n) is 2.83. The van der Waals surface area contributed by atoms with Crippen LogP contribution in [0.5, 0.6) is 0 Å². The predicted octanol–water partition coefficient (Wildman–Crippen LogP) is 3.41. The van der Waals surface area contributed by atoms with E-state index in [0.29, 0.717) is 23.0 Å². The largest absolute Gasteiger partial charge is 0.354 e. The van der Waals surface area contributed by atoms with Gasteiger partial charge in [-0.1, -0.05) is 6.07 Å². The molecule has 4 nitrogen and oxygen atoms in total. The number of rotatable bonds is 4. The molecule has 0 unspecified atom stereocenters. The summed E-state index contributed by atoms with van der Waals surface area (Å²) in [5.74, 6) is 1.01. The summed E-state index contributed by atoms with van der Waals surface area (Å²) in [5, 5.41) is 6.20. The Morgan fingerprint density at radius 1 is 1.26 bits per heavy atom. The van der Waals surface area contributed by atoms with Gasteiger partial charge in [0, 0.05) is 29.6 Å². The Bertz CT molecular complexity index is 584. The smallest absolute Gasteiger partial charge is 0.224 e. The van der Waals surface area contributed by atoms with Gasteiger partial charge in [0.2, 0.25) is 5.95 Å². The van der Waals surface area contributed by atoms with E-state index >= 15 is 0 Å². The molecule has 1 heterocycles. The summed E-state index contributed by atoms with van der Waals surface area (Å²) in [4.78, 5) is 8.55. The molecule has 1 aromatic heterocycles. The molecule has 0 aliphatic heterocycles. The maximum absolute atomic E-state index is 13.5. The zero-order chi connectivity index (χ0) is 13.8. The van der Waals surface area contributed by atoms with Gasteiger partial charge in [-0.3, -0.25) is 0 Å². The summed E-state index contributed by atoms with van der Waals surface area (Å²) in [7, 11) is 0. The van der Waals surface area contributed by atoms with Gasteiger partial charge in [-0.25, -0.2) is 9.37 Å². The summed E-state index contributed by atoms with van der Waals surface area (Å²) in [6, 6.07) is 4.94. The van der Waals surface area contributed by atoms with E-state index in [1.165, 1.54) is 6.07 Å². The standard InChI is InChI=1S/C14H17FN4/c1-4-16-14-17-8-9(2)13(19-14)18-12-7-5-6-11(15)10(12)3/h5-8H,4H2,1-3H3,(H2,16,17,18,19). The molecule has 100 valence electrons. The minimum atomic E-state index is -0.233. The Labute approximate surface area is 112 Å². The van der Waals surface area contributed by atoms with E-state index in [1.807, 2.05) is 19.9 Å². The van der Waals surface area contributed by atoms with Crippen LogP contribution in [0.25, 0.3) is 0 Å². The highest BCUT2D eigenvalue weighted by molar-refractivity contribution is 5.63. The second-order valence-corrected chi connectivity index (χ2v) is 4.29. The van der Waals surface area contributed by atoms with Gasteiger partial charge in [0.15, 0.2) is 0 Å². The van der Waals surface area contributed by atoms with Crippen LogP contribution in [-0.2, 0) is 0 Å². The number of anilines is 3. The molecule has 0 atom stereocenters. The third kappa shape index (κ3) is 2.99. The molecule has 0 bridgehead atoms. The minimum Gasteiger partial charge on any atom is -0.354 e. The van der Waals surface area contributed by atoms with E-state index in [4.69, 9.17) is 0 Å². The highest BCUT2D eigenvalue weighted by Crippen LogP contribution is 2.23. The number of nitrogens with one attached hydrogen (secondary N) is 2. The molecule has 0 saturated heterocycles. The maximum Gasteiger partial charge on any atom is 0.224 e. The quantitative estimate of drug-likeness (QED) is 0.884. The molecule has 5 heteroatoms. The summed E-state index contributed by atoms with van der Waals surface area (Å²) in [6.07, 6.45) is 1.74. The molecule has 0 fully saturated rings. The fraction of sp³-hybridized carbons (Fsp3) is 0.286. The summed E-state index contributed by atoms with van der Waals surface area (Å²) in [6.45, 7) is 6.38. The van der Waals surface area contributed by atoms with Gasteiger partial charge < -0.3 is 10.6 Å². The summed E-state index contributed by atoms with van der Waals surface area (Å²) < 4.78 is 13.5. The van der Waals surface area contributed by atoms with Crippen molar-refractivity contribution in [3.8, 4) is 0 Å². The zero-order valence-corrected chi connectivity index (χ0v) is 11.3. The fourth-order valence-corrected chi connectivity index (χ4v) is 1.68. The lowest BCUT2D eigenvalue weighted by molar-refractivity contribution is 0.619. The number of benzene rings is 1. The van der Waals surface area contributed by atoms with Crippen LogP contribution >= 0.6 is 0 Å². The maximum atomic E-state index is 13.5. The van der Waals surface area contributed by atoms with Crippen molar-refractivity contribution in [3.63, 3.8) is 0 Å². The Hall–Kier alpha value is -2.17. The molecule has 19 heavy (non-hydrogen) atoms. The lowest BCUT2D eigenvalue weighted by Gasteiger charge is -2.12. The van der Waals surface area contributed by atoms with Gasteiger partial charge in [0.25, 0.3) is 0 Å². The van der Waals surface area contributed by atoms with E-state index in [-0.39, 0.29) is 5.82 Å². The van der Waals surface area contributed by atoms with E-state index in [9.17, 15) is 4.39 Å². The van der Waals surface area contributed by atoms with Gasteiger partial charge >= 0.3 is 0 Å². The first-order valence-electron chi connectivity index (χ1n) is 6.21. The van der Waals surface area contributed by atoms with Gasteiger partial charge in [-0.15, -0.1) is 0 Å². The predicted molar refractivity (Wildman–Crippen MR) is 75.4 cm³/mol. The second kappa shape index (κ2) is 5.65. The highest BCUT2D eigenvalue weighted by Gasteiger charge is 2.07. The minimum absolute atomic E-state index is 0.233. The van der Waals surface area contributed by atoms with Crippen molar-refractivity contribution in [2.24, 2.45) is 0 Å². The lowest BCUT2D eigenvalue weighted by atomic mass is 10.2. The first kappa shape index (κ1) is 13.3. The Balaban J connectivity index is 2.32. The Morgan fingerprint density at radius 2 is 2.05 bits per heavy atom. The van der Waals surface area contributed by atoms with Crippen molar-refractivity contribution in [1.29, 1.82) is 0 Å². The van der Waals surface area contributed by atoms with Crippen LogP contribution in [0, 0.1) is 19.7 Å². The molecule has 0 aliphatic rings. The SMILES string of the molecule is CCNc1ncc(C)c(Nc2cccc(F)c2C)n1. The third-order valence-corrected chi connectivity index (χ3v) is 2.83. The Kier molecular flexibility index (Phi) is 3.94. The molecule has 2 N–H and O–H groups in total. The first-order chi connectivity index (χ1) is 9.11. The van der Waals surface area contributed by atoms with Crippen LogP contribution in [0.15, 0.2) is 24.4 Å². The molecular formula is C14H17FN4. The average molecular weight is 260 g/mol. The molecule has 0 aliphatic carbocycles. The van der Waals surface area contributed by atoms with Crippen molar-refractivity contribution >= 4 is 17.5 Å². The van der Waals surface area contributed by atoms with Crippen molar-refractivity contribution in [3.05, 3.63) is 41.3 Å². The molecule has 0 radical (unpaired) electrons. The average Bonchev–Trinajstić information content (AvgIpc) is 2.39. The van der Waals surface area contributed by atoms with Crippen LogP contribution in [0.4, 0.5) is 21.8 Å². The van der Waals surface area contributed by atoms with Crippen LogP contribution < -0.4 is 10.6 Å². The van der Waals surface area contributed by atoms with Gasteiger partial charge in [-0.05, 0) is 32.9 Å². The van der Waals surface area contributed by atoms with E-state index in [1.54, 1.807) is 19.2 Å². The first-order valence-corrected chi connectivity index (χ1v) is 6.21. The van der Waals surface area contributed by atoms with Crippen LogP contribution in [0.2, 0.25) is 0 Å². The van der Waals surface area contributed by atoms with Crippen LogP contribution in [0.1, 0.15) is 18.1 Å². The number of aryl methyl sites for hydroxylation is 1. The monoisotopic (exact) mass is 260 g/mol. The molecule has 0 amide bonds. The molecule has 0 saturated carbocycles. The van der Waals surface area contributed by atoms with Gasteiger partial charge in [0.1, 0.15) is 11.6 Å². The number of hydrogen-bond donors (Lipinski definition) is 2. The molecule has 2 aromatic rings. The van der Waals surface area contributed by atoms with Crippen LogP contribution in [0.3, 0.4) is 0 Å². The number of aromatic nitrogens is 2. The van der Waals surface area contributed by atoms with Crippen LogP contribution in [-0.4, -0.2) is 16.5 Å². The van der Waals surface area contributed by atoms with Crippen molar-refractivity contribution in [2.75, 3.05) is 17.2 Å². The zero-order valence-electron chi connectivity index (χ0n) is 11.3. The van der Waals surface area contributed by atoms with Crippen molar-refractivity contribution < 1.29 is 4.39 Å². The number of hydrogen-bond acceptors (Lipinski definition) is 4. The molecule has 0 spiro atoms. The second-order valence-electron chi connectivity index (χ2n) is 4.29. The topological polar surface area (TPSA) is 49.8 Å². The Morgan fingerprint density at radius 3 is 2.79 bits per heavy atom. The normalized spacial score (nSPS) is 10.3. The molecule has 1 aromatic carbocycles. The van der Waals surface area contributed by atoms with Gasteiger partial charge in [-0.2, -0.15) is 4.98 Å². The number of nitrogens with zero attached hydrogens (tertiary/aromatic N) is 2. The fourth-order valence-electron chi connectivity index (χ4n) is 1.68. The molecule has 2 rings (SSSR count). The van der Waals surface area contributed by atoms with E-state index < -0.39 is 0 Å². The summed E-state index contributed by atoms with van der Waals surface area (Å²) in [5.41, 5.74) is 2.19.